The Morgan fingerprint density at radius 1 is 1.15 bits per heavy atom. The lowest BCUT2D eigenvalue weighted by atomic mass is 10.1. The molecule has 9 heteroatoms. The van der Waals surface area contributed by atoms with Gasteiger partial charge in [-0.2, -0.15) is 9.97 Å². The number of pyridine rings is 1. The zero-order valence-corrected chi connectivity index (χ0v) is 15.0. The summed E-state index contributed by atoms with van der Waals surface area (Å²) in [6.45, 7) is 6.01. The molecule has 3 aromatic rings. The van der Waals surface area contributed by atoms with E-state index in [1.807, 2.05) is 19.1 Å². The number of rotatable bonds is 2. The average molecular weight is 364 g/mol. The summed E-state index contributed by atoms with van der Waals surface area (Å²) in [4.78, 5) is 22.5. The quantitative estimate of drug-likeness (QED) is 0.562. The Bertz CT molecular complexity index is 1040. The highest BCUT2D eigenvalue weighted by Gasteiger charge is 2.13. The van der Waals surface area contributed by atoms with Gasteiger partial charge in [0.05, 0.1) is 19.8 Å². The molecule has 1 saturated heterocycles. The van der Waals surface area contributed by atoms with E-state index in [-0.39, 0.29) is 11.8 Å². The standard InChI is InChI=1S/C18H20N8O/c1-11-13(16-22-14-15(19)23-18(20)25-17(14)24-16)5-4-12(21-11)3-2-6-26-7-9-27-10-8-26/h4-5H,6-10H2,1H3,(H5,19,20,22,23,24,25). The van der Waals surface area contributed by atoms with Crippen molar-refractivity contribution in [2.75, 3.05) is 44.3 Å². The van der Waals surface area contributed by atoms with Gasteiger partial charge >= 0.3 is 0 Å². The number of fused-ring (bicyclic) bond motifs is 1. The number of anilines is 2. The van der Waals surface area contributed by atoms with Crippen LogP contribution in [0, 0.1) is 18.8 Å². The van der Waals surface area contributed by atoms with Gasteiger partial charge in [-0.1, -0.05) is 5.92 Å². The second-order valence-electron chi connectivity index (χ2n) is 6.27. The van der Waals surface area contributed by atoms with Crippen LogP contribution in [0.15, 0.2) is 12.1 Å². The van der Waals surface area contributed by atoms with E-state index in [0.717, 1.165) is 49.8 Å². The molecule has 1 aliphatic heterocycles. The summed E-state index contributed by atoms with van der Waals surface area (Å²) in [6.07, 6.45) is 0. The van der Waals surface area contributed by atoms with E-state index in [2.05, 4.69) is 41.7 Å². The summed E-state index contributed by atoms with van der Waals surface area (Å²) >= 11 is 0. The average Bonchev–Trinajstić information content (AvgIpc) is 3.07. The summed E-state index contributed by atoms with van der Waals surface area (Å²) in [5.41, 5.74) is 14.9. The number of ether oxygens (including phenoxy) is 1. The van der Waals surface area contributed by atoms with Gasteiger partial charge in [-0.25, -0.2) is 9.97 Å². The molecular formula is C18H20N8O. The topological polar surface area (TPSA) is 132 Å². The Hall–Kier alpha value is -3.22. The fourth-order valence-corrected chi connectivity index (χ4v) is 2.95. The second kappa shape index (κ2) is 7.19. The first kappa shape index (κ1) is 17.2. The van der Waals surface area contributed by atoms with Crippen LogP contribution < -0.4 is 11.5 Å². The van der Waals surface area contributed by atoms with E-state index >= 15 is 0 Å². The SMILES string of the molecule is Cc1nc(C#CCN2CCOCC2)ccc1-c1nc2nc(N)nc(N)c2[nH]1. The molecule has 1 aliphatic rings. The molecule has 0 amide bonds. The third kappa shape index (κ3) is 3.67. The fraction of sp³-hybridized carbons (Fsp3) is 0.333. The summed E-state index contributed by atoms with van der Waals surface area (Å²) < 4.78 is 5.34. The van der Waals surface area contributed by atoms with Gasteiger partial charge in [0.2, 0.25) is 5.95 Å². The Kier molecular flexibility index (Phi) is 4.58. The molecule has 3 aromatic heterocycles. The molecule has 4 rings (SSSR count). The molecule has 0 radical (unpaired) electrons. The zero-order valence-electron chi connectivity index (χ0n) is 15.0. The van der Waals surface area contributed by atoms with Crippen LogP contribution in [0.2, 0.25) is 0 Å². The Labute approximate surface area is 156 Å². The van der Waals surface area contributed by atoms with Crippen LogP contribution >= 0.6 is 0 Å². The van der Waals surface area contributed by atoms with Crippen LogP contribution in [0.25, 0.3) is 22.6 Å². The maximum Gasteiger partial charge on any atom is 0.224 e. The van der Waals surface area contributed by atoms with Gasteiger partial charge in [-0.15, -0.1) is 0 Å². The minimum Gasteiger partial charge on any atom is -0.382 e. The van der Waals surface area contributed by atoms with E-state index in [1.165, 1.54) is 0 Å². The van der Waals surface area contributed by atoms with Crippen LogP contribution in [0.4, 0.5) is 11.8 Å². The highest BCUT2D eigenvalue weighted by atomic mass is 16.5. The molecule has 0 atom stereocenters. The first-order valence-corrected chi connectivity index (χ1v) is 8.66. The predicted octanol–water partition coefficient (Wildman–Crippen LogP) is 0.571. The highest BCUT2D eigenvalue weighted by Crippen LogP contribution is 2.24. The van der Waals surface area contributed by atoms with Crippen molar-refractivity contribution in [3.8, 4) is 23.2 Å². The molecule has 138 valence electrons. The van der Waals surface area contributed by atoms with Crippen molar-refractivity contribution < 1.29 is 4.74 Å². The van der Waals surface area contributed by atoms with E-state index in [9.17, 15) is 0 Å². The number of nitrogens with two attached hydrogens (primary N) is 2. The number of aromatic amines is 1. The Morgan fingerprint density at radius 3 is 2.74 bits per heavy atom. The summed E-state index contributed by atoms with van der Waals surface area (Å²) in [6, 6.07) is 3.82. The number of nitrogens with one attached hydrogen (secondary N) is 1. The molecule has 0 aromatic carbocycles. The molecule has 0 unspecified atom stereocenters. The number of hydrogen-bond acceptors (Lipinski definition) is 8. The van der Waals surface area contributed by atoms with E-state index in [0.29, 0.717) is 17.0 Å². The second-order valence-corrected chi connectivity index (χ2v) is 6.27. The van der Waals surface area contributed by atoms with Gasteiger partial charge in [0.1, 0.15) is 17.0 Å². The van der Waals surface area contributed by atoms with Crippen LogP contribution in [-0.2, 0) is 4.74 Å². The summed E-state index contributed by atoms with van der Waals surface area (Å²) in [5, 5.41) is 0. The number of nitrogen functional groups attached to an aromatic ring is 2. The number of aryl methyl sites for hydroxylation is 1. The third-order valence-corrected chi connectivity index (χ3v) is 4.36. The van der Waals surface area contributed by atoms with Crippen LogP contribution in [-0.4, -0.2) is 62.7 Å². The molecule has 0 saturated carbocycles. The molecule has 0 spiro atoms. The van der Waals surface area contributed by atoms with E-state index in [1.54, 1.807) is 0 Å². The van der Waals surface area contributed by atoms with Gasteiger partial charge in [0.25, 0.3) is 0 Å². The normalized spacial score (nSPS) is 14.9. The highest BCUT2D eigenvalue weighted by molar-refractivity contribution is 5.85. The largest absolute Gasteiger partial charge is 0.382 e. The first-order chi connectivity index (χ1) is 13.1. The maximum atomic E-state index is 5.88. The van der Waals surface area contributed by atoms with E-state index < -0.39 is 0 Å². The Balaban J connectivity index is 1.56. The molecular weight excluding hydrogens is 344 g/mol. The van der Waals surface area contributed by atoms with Crippen LogP contribution in [0.3, 0.4) is 0 Å². The summed E-state index contributed by atoms with van der Waals surface area (Å²) in [7, 11) is 0. The number of imidazole rings is 1. The molecule has 1 fully saturated rings. The van der Waals surface area contributed by atoms with Gasteiger partial charge in [0.15, 0.2) is 11.5 Å². The fourth-order valence-electron chi connectivity index (χ4n) is 2.95. The molecule has 4 heterocycles. The smallest absolute Gasteiger partial charge is 0.224 e. The minimum absolute atomic E-state index is 0.0961. The van der Waals surface area contributed by atoms with Crippen molar-refractivity contribution in [3.63, 3.8) is 0 Å². The van der Waals surface area contributed by atoms with Gasteiger partial charge in [-0.05, 0) is 25.0 Å². The Morgan fingerprint density at radius 2 is 1.96 bits per heavy atom. The minimum atomic E-state index is 0.0961. The zero-order chi connectivity index (χ0) is 18.8. The van der Waals surface area contributed by atoms with Crippen LogP contribution in [0.1, 0.15) is 11.4 Å². The number of aromatic nitrogens is 5. The lowest BCUT2D eigenvalue weighted by molar-refractivity contribution is 0.0443. The lowest BCUT2D eigenvalue weighted by Gasteiger charge is -2.24. The molecule has 27 heavy (non-hydrogen) atoms. The molecule has 9 nitrogen and oxygen atoms in total. The number of nitrogens with zero attached hydrogens (tertiary/aromatic N) is 5. The first-order valence-electron chi connectivity index (χ1n) is 8.66. The maximum absolute atomic E-state index is 5.88. The van der Waals surface area contributed by atoms with E-state index in [4.69, 9.17) is 16.2 Å². The van der Waals surface area contributed by atoms with Crippen molar-refractivity contribution in [2.45, 2.75) is 6.92 Å². The summed E-state index contributed by atoms with van der Waals surface area (Å²) in [5.74, 6) is 7.29. The third-order valence-electron chi connectivity index (χ3n) is 4.36. The van der Waals surface area contributed by atoms with Crippen molar-refractivity contribution in [3.05, 3.63) is 23.5 Å². The molecule has 0 bridgehead atoms. The molecule has 5 N–H and O–H groups in total. The van der Waals surface area contributed by atoms with Gasteiger partial charge < -0.3 is 21.2 Å². The van der Waals surface area contributed by atoms with Gasteiger partial charge in [0, 0.05) is 24.3 Å². The van der Waals surface area contributed by atoms with Crippen LogP contribution in [0.5, 0.6) is 0 Å². The predicted molar refractivity (Wildman–Crippen MR) is 103 cm³/mol. The monoisotopic (exact) mass is 364 g/mol. The number of morpholine rings is 1. The lowest BCUT2D eigenvalue weighted by Crippen LogP contribution is -2.36. The number of hydrogen-bond donors (Lipinski definition) is 3. The molecule has 0 aliphatic carbocycles. The van der Waals surface area contributed by atoms with Crippen molar-refractivity contribution in [1.29, 1.82) is 0 Å². The van der Waals surface area contributed by atoms with Crippen molar-refractivity contribution in [1.82, 2.24) is 29.8 Å². The van der Waals surface area contributed by atoms with Gasteiger partial charge in [-0.3, -0.25) is 4.90 Å². The number of H-pyrrole nitrogens is 1. The van der Waals surface area contributed by atoms with Crippen molar-refractivity contribution in [2.24, 2.45) is 0 Å². The van der Waals surface area contributed by atoms with Crippen molar-refractivity contribution >= 4 is 22.9 Å².